The summed E-state index contributed by atoms with van der Waals surface area (Å²) in [5, 5.41) is 0.747. The number of benzene rings is 1. The number of hydrogen-bond acceptors (Lipinski definition) is 3. The first kappa shape index (κ1) is 15.8. The van der Waals surface area contributed by atoms with Gasteiger partial charge >= 0.3 is 0 Å². The Labute approximate surface area is 127 Å². The smallest absolute Gasteiger partial charge is 0.266 e. The minimum Gasteiger partial charge on any atom is -0.364 e. The highest BCUT2D eigenvalue weighted by Crippen LogP contribution is 2.31. The molecule has 0 radical (unpaired) electrons. The standard InChI is InChI=1S/C13H16ClN3O3S/c1-3-17(4-2)21(19,20)12-9-7-8(14)5-6-10(9)16-11(12)13(15)18/h5-7,16H,3-4H2,1-2H3,(H2,15,18). The van der Waals surface area contributed by atoms with Crippen LogP contribution in [0.3, 0.4) is 0 Å². The summed E-state index contributed by atoms with van der Waals surface area (Å²) in [7, 11) is -3.83. The van der Waals surface area contributed by atoms with E-state index in [4.69, 9.17) is 17.3 Å². The molecule has 1 aromatic carbocycles. The van der Waals surface area contributed by atoms with Crippen molar-refractivity contribution in [1.29, 1.82) is 0 Å². The van der Waals surface area contributed by atoms with Gasteiger partial charge in [0, 0.05) is 29.0 Å². The number of carbonyl (C=O) groups excluding carboxylic acids is 1. The lowest BCUT2D eigenvalue weighted by atomic mass is 10.2. The summed E-state index contributed by atoms with van der Waals surface area (Å²) in [4.78, 5) is 14.2. The molecule has 2 aromatic rings. The number of amides is 1. The van der Waals surface area contributed by atoms with Gasteiger partial charge in [-0.25, -0.2) is 8.42 Å². The summed E-state index contributed by atoms with van der Waals surface area (Å²) in [6, 6.07) is 4.74. The summed E-state index contributed by atoms with van der Waals surface area (Å²) in [6.07, 6.45) is 0. The number of aromatic amines is 1. The molecule has 3 N–H and O–H groups in total. The Hall–Kier alpha value is -1.57. The maximum Gasteiger partial charge on any atom is 0.266 e. The molecule has 0 fully saturated rings. The average molecular weight is 330 g/mol. The van der Waals surface area contributed by atoms with Crippen LogP contribution in [0.1, 0.15) is 24.3 Å². The zero-order valence-corrected chi connectivity index (χ0v) is 13.3. The number of primary amides is 1. The molecule has 0 saturated carbocycles. The molecule has 0 unspecified atom stereocenters. The molecule has 0 bridgehead atoms. The lowest BCUT2D eigenvalue weighted by Gasteiger charge is -2.18. The number of nitrogens with one attached hydrogen (secondary N) is 1. The third-order valence-corrected chi connectivity index (χ3v) is 5.63. The number of aromatic nitrogens is 1. The van der Waals surface area contributed by atoms with E-state index in [0.717, 1.165) is 0 Å². The number of hydrogen-bond donors (Lipinski definition) is 2. The second-order valence-electron chi connectivity index (χ2n) is 4.47. The maximum atomic E-state index is 12.8. The van der Waals surface area contributed by atoms with Crippen LogP contribution in [0, 0.1) is 0 Å². The molecule has 114 valence electrons. The molecule has 0 spiro atoms. The fraction of sp³-hybridized carbons (Fsp3) is 0.308. The molecule has 0 atom stereocenters. The number of sulfonamides is 1. The Morgan fingerprint density at radius 1 is 1.33 bits per heavy atom. The Morgan fingerprint density at radius 2 is 1.95 bits per heavy atom. The number of fused-ring (bicyclic) bond motifs is 1. The maximum absolute atomic E-state index is 12.8. The summed E-state index contributed by atoms with van der Waals surface area (Å²) >= 11 is 5.94. The van der Waals surface area contributed by atoms with E-state index in [-0.39, 0.29) is 10.6 Å². The van der Waals surface area contributed by atoms with Crippen LogP contribution in [0.4, 0.5) is 0 Å². The van der Waals surface area contributed by atoms with Gasteiger partial charge in [0.25, 0.3) is 5.91 Å². The Balaban J connectivity index is 2.85. The van der Waals surface area contributed by atoms with Crippen molar-refractivity contribution < 1.29 is 13.2 Å². The summed E-state index contributed by atoms with van der Waals surface area (Å²) in [6.45, 7) is 4.05. The first-order valence-electron chi connectivity index (χ1n) is 6.44. The van der Waals surface area contributed by atoms with Gasteiger partial charge in [0.1, 0.15) is 10.6 Å². The van der Waals surface area contributed by atoms with Crippen molar-refractivity contribution in [2.45, 2.75) is 18.7 Å². The van der Waals surface area contributed by atoms with E-state index < -0.39 is 15.9 Å². The number of nitrogens with zero attached hydrogens (tertiary/aromatic N) is 1. The lowest BCUT2D eigenvalue weighted by Crippen LogP contribution is -2.32. The molecule has 0 saturated heterocycles. The van der Waals surface area contributed by atoms with Crippen LogP contribution in [0.25, 0.3) is 10.9 Å². The average Bonchev–Trinajstić information content (AvgIpc) is 2.79. The van der Waals surface area contributed by atoms with Gasteiger partial charge in [0.05, 0.1) is 0 Å². The number of nitrogens with two attached hydrogens (primary N) is 1. The number of carbonyl (C=O) groups is 1. The van der Waals surface area contributed by atoms with Crippen LogP contribution < -0.4 is 5.73 Å². The quantitative estimate of drug-likeness (QED) is 0.877. The normalized spacial score (nSPS) is 12.2. The summed E-state index contributed by atoms with van der Waals surface area (Å²) < 4.78 is 26.8. The van der Waals surface area contributed by atoms with Crippen LogP contribution in [0.15, 0.2) is 23.1 Å². The second kappa shape index (κ2) is 5.67. The topological polar surface area (TPSA) is 96.3 Å². The first-order valence-corrected chi connectivity index (χ1v) is 8.25. The van der Waals surface area contributed by atoms with Crippen LogP contribution in [-0.4, -0.2) is 36.7 Å². The highest BCUT2D eigenvalue weighted by Gasteiger charge is 2.31. The van der Waals surface area contributed by atoms with Gasteiger partial charge in [-0.15, -0.1) is 0 Å². The van der Waals surface area contributed by atoms with Gasteiger partial charge in [-0.1, -0.05) is 25.4 Å². The number of H-pyrrole nitrogens is 1. The van der Waals surface area contributed by atoms with Crippen molar-refractivity contribution in [3.8, 4) is 0 Å². The third-order valence-electron chi connectivity index (χ3n) is 3.26. The van der Waals surface area contributed by atoms with Crippen molar-refractivity contribution in [3.05, 3.63) is 28.9 Å². The summed E-state index contributed by atoms with van der Waals surface area (Å²) in [5.74, 6) is -0.826. The van der Waals surface area contributed by atoms with Crippen molar-refractivity contribution in [2.75, 3.05) is 13.1 Å². The molecular formula is C13H16ClN3O3S. The van der Waals surface area contributed by atoms with E-state index in [0.29, 0.717) is 29.0 Å². The fourth-order valence-electron chi connectivity index (χ4n) is 2.27. The lowest BCUT2D eigenvalue weighted by molar-refractivity contribution is 0.0993. The van der Waals surface area contributed by atoms with Crippen LogP contribution in [-0.2, 0) is 10.0 Å². The van der Waals surface area contributed by atoms with E-state index >= 15 is 0 Å². The molecule has 1 aromatic heterocycles. The van der Waals surface area contributed by atoms with Crippen LogP contribution >= 0.6 is 11.6 Å². The highest BCUT2D eigenvalue weighted by molar-refractivity contribution is 7.89. The summed E-state index contributed by atoms with van der Waals surface area (Å²) in [5.41, 5.74) is 5.68. The molecule has 2 rings (SSSR count). The molecule has 8 heteroatoms. The molecular weight excluding hydrogens is 314 g/mol. The van der Waals surface area contributed by atoms with Gasteiger partial charge in [0.15, 0.2) is 0 Å². The van der Waals surface area contributed by atoms with Crippen molar-refractivity contribution in [1.82, 2.24) is 9.29 Å². The van der Waals surface area contributed by atoms with Crippen LogP contribution in [0.2, 0.25) is 5.02 Å². The molecule has 1 amide bonds. The van der Waals surface area contributed by atoms with E-state index in [9.17, 15) is 13.2 Å². The highest BCUT2D eigenvalue weighted by atomic mass is 35.5. The minimum absolute atomic E-state index is 0.115. The van der Waals surface area contributed by atoms with Gasteiger partial charge < -0.3 is 10.7 Å². The Kier molecular flexibility index (Phi) is 4.27. The molecule has 0 aliphatic heterocycles. The molecule has 1 heterocycles. The molecule has 0 aliphatic carbocycles. The monoisotopic (exact) mass is 329 g/mol. The molecule has 0 aliphatic rings. The Bertz CT molecular complexity index is 794. The SMILES string of the molecule is CCN(CC)S(=O)(=O)c1c(C(N)=O)[nH]c2ccc(Cl)cc12. The minimum atomic E-state index is -3.83. The zero-order chi connectivity index (χ0) is 15.8. The van der Waals surface area contributed by atoms with Gasteiger partial charge in [0.2, 0.25) is 10.0 Å². The van der Waals surface area contributed by atoms with Gasteiger partial charge in [-0.05, 0) is 18.2 Å². The molecule has 6 nitrogen and oxygen atoms in total. The van der Waals surface area contributed by atoms with Crippen LogP contribution in [0.5, 0.6) is 0 Å². The third kappa shape index (κ3) is 2.64. The fourth-order valence-corrected chi connectivity index (χ4v) is 4.24. The predicted octanol–water partition coefficient (Wildman–Crippen LogP) is 1.95. The predicted molar refractivity (Wildman–Crippen MR) is 81.9 cm³/mol. The molecule has 21 heavy (non-hydrogen) atoms. The van der Waals surface area contributed by atoms with Gasteiger partial charge in [-0.2, -0.15) is 4.31 Å². The van der Waals surface area contributed by atoms with Crippen molar-refractivity contribution >= 4 is 38.4 Å². The van der Waals surface area contributed by atoms with Crippen molar-refractivity contribution in [2.24, 2.45) is 5.73 Å². The Morgan fingerprint density at radius 3 is 2.48 bits per heavy atom. The van der Waals surface area contributed by atoms with E-state index in [2.05, 4.69) is 4.98 Å². The first-order chi connectivity index (χ1) is 9.82. The van der Waals surface area contributed by atoms with E-state index in [1.165, 1.54) is 10.4 Å². The number of rotatable bonds is 5. The van der Waals surface area contributed by atoms with Gasteiger partial charge in [-0.3, -0.25) is 4.79 Å². The zero-order valence-electron chi connectivity index (χ0n) is 11.7. The largest absolute Gasteiger partial charge is 0.364 e. The van der Waals surface area contributed by atoms with Crippen molar-refractivity contribution in [3.63, 3.8) is 0 Å². The van der Waals surface area contributed by atoms with E-state index in [1.807, 2.05) is 0 Å². The number of halogens is 1. The van der Waals surface area contributed by atoms with E-state index in [1.54, 1.807) is 26.0 Å². The second-order valence-corrected chi connectivity index (χ2v) is 6.78.